The monoisotopic (exact) mass is 549 g/mol. The minimum atomic E-state index is -0.853. The van der Waals surface area contributed by atoms with Crippen LogP contribution >= 0.6 is 15.9 Å². The zero-order valence-corrected chi connectivity index (χ0v) is 21.1. The first-order chi connectivity index (χ1) is 18.0. The summed E-state index contributed by atoms with van der Waals surface area (Å²) < 4.78 is 6.78. The van der Waals surface area contributed by atoms with Gasteiger partial charge in [0.15, 0.2) is 0 Å². The maximum atomic E-state index is 14.0. The first-order valence-electron chi connectivity index (χ1n) is 12.2. The first kappa shape index (κ1) is 22.2. The Labute approximate surface area is 221 Å². The lowest BCUT2D eigenvalue weighted by Crippen LogP contribution is -2.42. The largest absolute Gasteiger partial charge is 0.425 e. The minimum absolute atomic E-state index is 0.293. The van der Waals surface area contributed by atoms with Crippen molar-refractivity contribution >= 4 is 55.7 Å². The summed E-state index contributed by atoms with van der Waals surface area (Å²) in [6.45, 7) is 0. The average molecular weight is 550 g/mol. The molecule has 6 heteroatoms. The SMILES string of the molecule is O=C1Oc2c(ccc3ccccc23)C2=C[C@H](c3ccccc3)[C@@H]3C(=O)N(c4ccc(Br)cc4)C(=O)[C@H]3[C@H]12. The quantitative estimate of drug-likeness (QED) is 0.171. The fraction of sp³-hybridized carbons (Fsp3) is 0.129. The van der Waals surface area contributed by atoms with Crippen LogP contribution in [0.3, 0.4) is 0 Å². The van der Waals surface area contributed by atoms with E-state index in [1.54, 1.807) is 24.3 Å². The van der Waals surface area contributed by atoms with Crippen LogP contribution in [0.1, 0.15) is 17.0 Å². The number of carbonyl (C=O) groups excluding carboxylic acids is 3. The number of rotatable bonds is 2. The second-order valence-corrected chi connectivity index (χ2v) is 10.6. The molecule has 1 aliphatic carbocycles. The molecule has 0 unspecified atom stereocenters. The molecule has 0 bridgehead atoms. The van der Waals surface area contributed by atoms with E-state index in [0.717, 1.165) is 31.9 Å². The standard InChI is InChI=1S/C31H20BrNO4/c32-19-11-13-20(14-12-19)33-29(34)25-23(17-6-2-1-3-7-17)16-24-22-15-10-18-8-4-5-9-21(18)28(22)37-31(36)26(24)27(25)30(33)35/h1-16,23,25-27H/t23-,25+,26-,27-/m1/s1. The summed E-state index contributed by atoms with van der Waals surface area (Å²) in [7, 11) is 0. The van der Waals surface area contributed by atoms with Crippen LogP contribution in [0.5, 0.6) is 5.75 Å². The average Bonchev–Trinajstić information content (AvgIpc) is 3.19. The lowest BCUT2D eigenvalue weighted by atomic mass is 9.64. The van der Waals surface area contributed by atoms with Gasteiger partial charge in [0.2, 0.25) is 11.8 Å². The fourth-order valence-electron chi connectivity index (χ4n) is 6.13. The summed E-state index contributed by atoms with van der Waals surface area (Å²) in [6.07, 6.45) is 2.02. The Morgan fingerprint density at radius 1 is 0.730 bits per heavy atom. The Balaban J connectivity index is 1.44. The number of carbonyl (C=O) groups is 3. The van der Waals surface area contributed by atoms with Gasteiger partial charge >= 0.3 is 5.97 Å². The third-order valence-electron chi connectivity index (χ3n) is 7.75. The molecule has 0 aromatic heterocycles. The number of fused-ring (bicyclic) bond motifs is 7. The van der Waals surface area contributed by atoms with E-state index in [9.17, 15) is 14.4 Å². The number of allylic oxidation sites excluding steroid dienone is 1. The van der Waals surface area contributed by atoms with E-state index in [4.69, 9.17) is 4.74 Å². The molecule has 0 N–H and O–H groups in total. The van der Waals surface area contributed by atoms with Gasteiger partial charge < -0.3 is 4.74 Å². The highest BCUT2D eigenvalue weighted by atomic mass is 79.9. The maximum absolute atomic E-state index is 14.0. The molecule has 1 fully saturated rings. The zero-order chi connectivity index (χ0) is 25.3. The lowest BCUT2D eigenvalue weighted by Gasteiger charge is -2.38. The molecule has 1 saturated heterocycles. The number of benzene rings is 4. The van der Waals surface area contributed by atoms with Crippen molar-refractivity contribution < 1.29 is 19.1 Å². The van der Waals surface area contributed by atoms with Crippen LogP contribution in [0.2, 0.25) is 0 Å². The summed E-state index contributed by atoms with van der Waals surface area (Å²) in [5, 5.41) is 1.81. The Morgan fingerprint density at radius 2 is 1.43 bits per heavy atom. The van der Waals surface area contributed by atoms with Crippen LogP contribution in [0.4, 0.5) is 5.69 Å². The number of ether oxygens (including phenoxy) is 1. The summed E-state index contributed by atoms with van der Waals surface area (Å²) >= 11 is 3.41. The maximum Gasteiger partial charge on any atom is 0.319 e. The first-order valence-corrected chi connectivity index (χ1v) is 13.0. The number of anilines is 1. The molecule has 3 aliphatic rings. The summed E-state index contributed by atoms with van der Waals surface area (Å²) in [5.74, 6) is -3.41. The molecular weight excluding hydrogens is 530 g/mol. The number of nitrogens with zero attached hydrogens (tertiary/aromatic N) is 1. The Morgan fingerprint density at radius 3 is 2.22 bits per heavy atom. The van der Waals surface area contributed by atoms with E-state index in [1.165, 1.54) is 4.90 Å². The van der Waals surface area contributed by atoms with E-state index >= 15 is 0 Å². The molecule has 37 heavy (non-hydrogen) atoms. The van der Waals surface area contributed by atoms with Gasteiger partial charge in [-0.3, -0.25) is 14.4 Å². The van der Waals surface area contributed by atoms with Gasteiger partial charge in [0, 0.05) is 21.3 Å². The Kier molecular flexibility index (Phi) is 4.95. The predicted molar refractivity (Wildman–Crippen MR) is 144 cm³/mol. The Bertz CT molecular complexity index is 1640. The van der Waals surface area contributed by atoms with Crippen molar-refractivity contribution in [2.75, 3.05) is 4.90 Å². The third kappa shape index (κ3) is 3.25. The van der Waals surface area contributed by atoms with E-state index in [-0.39, 0.29) is 17.7 Å². The van der Waals surface area contributed by atoms with Crippen molar-refractivity contribution in [3.8, 4) is 5.75 Å². The third-order valence-corrected chi connectivity index (χ3v) is 8.28. The van der Waals surface area contributed by atoms with E-state index in [1.807, 2.05) is 72.8 Å². The van der Waals surface area contributed by atoms with E-state index in [2.05, 4.69) is 15.9 Å². The number of amides is 2. The van der Waals surface area contributed by atoms with Gasteiger partial charge in [-0.2, -0.15) is 0 Å². The smallest absolute Gasteiger partial charge is 0.319 e. The highest BCUT2D eigenvalue weighted by molar-refractivity contribution is 9.10. The van der Waals surface area contributed by atoms with Crippen LogP contribution in [-0.4, -0.2) is 17.8 Å². The van der Waals surface area contributed by atoms with Crippen molar-refractivity contribution in [3.05, 3.63) is 113 Å². The number of hydrogen-bond acceptors (Lipinski definition) is 4. The fourth-order valence-corrected chi connectivity index (χ4v) is 6.40. The van der Waals surface area contributed by atoms with Crippen LogP contribution in [0.25, 0.3) is 16.3 Å². The van der Waals surface area contributed by atoms with E-state index < -0.39 is 23.7 Å². The molecule has 4 aromatic carbocycles. The molecule has 2 amide bonds. The number of hydrogen-bond donors (Lipinski definition) is 0. The molecule has 0 radical (unpaired) electrons. The summed E-state index contributed by atoms with van der Waals surface area (Å²) in [6, 6.07) is 28.5. The highest BCUT2D eigenvalue weighted by Gasteiger charge is 2.60. The topological polar surface area (TPSA) is 63.7 Å². The second-order valence-electron chi connectivity index (χ2n) is 9.66. The molecule has 2 aliphatic heterocycles. The Hall–Kier alpha value is -4.03. The van der Waals surface area contributed by atoms with Crippen molar-refractivity contribution in [2.45, 2.75) is 5.92 Å². The van der Waals surface area contributed by atoms with Gasteiger partial charge in [-0.25, -0.2) is 4.90 Å². The molecular formula is C31H20BrNO4. The minimum Gasteiger partial charge on any atom is -0.425 e. The molecule has 2 heterocycles. The summed E-state index contributed by atoms with van der Waals surface area (Å²) in [5.41, 5.74) is 2.98. The molecule has 180 valence electrons. The van der Waals surface area contributed by atoms with Crippen LogP contribution in [0, 0.1) is 17.8 Å². The second kappa shape index (κ2) is 8.25. The van der Waals surface area contributed by atoms with Crippen molar-refractivity contribution in [1.29, 1.82) is 0 Å². The van der Waals surface area contributed by atoms with Gasteiger partial charge in [0.25, 0.3) is 0 Å². The van der Waals surface area contributed by atoms with Crippen LogP contribution in [-0.2, 0) is 14.4 Å². The lowest BCUT2D eigenvalue weighted by molar-refractivity contribution is -0.142. The van der Waals surface area contributed by atoms with Crippen molar-refractivity contribution in [2.24, 2.45) is 17.8 Å². The molecule has 5 nitrogen and oxygen atoms in total. The van der Waals surface area contributed by atoms with Crippen molar-refractivity contribution in [3.63, 3.8) is 0 Å². The number of imide groups is 1. The predicted octanol–water partition coefficient (Wildman–Crippen LogP) is 6.12. The highest BCUT2D eigenvalue weighted by Crippen LogP contribution is 2.55. The molecule has 4 atom stereocenters. The van der Waals surface area contributed by atoms with Crippen molar-refractivity contribution in [1.82, 2.24) is 0 Å². The zero-order valence-electron chi connectivity index (χ0n) is 19.5. The van der Waals surface area contributed by atoms with Gasteiger partial charge in [-0.15, -0.1) is 0 Å². The summed E-state index contributed by atoms with van der Waals surface area (Å²) in [4.78, 5) is 42.8. The van der Waals surface area contributed by atoms with Crippen LogP contribution in [0.15, 0.2) is 102 Å². The van der Waals surface area contributed by atoms with Gasteiger partial charge in [0.1, 0.15) is 5.75 Å². The van der Waals surface area contributed by atoms with E-state index in [0.29, 0.717) is 11.4 Å². The molecule has 4 aromatic rings. The normalized spacial score (nSPS) is 24.3. The molecule has 0 spiro atoms. The molecule has 7 rings (SSSR count). The number of halogens is 1. The molecule has 0 saturated carbocycles. The van der Waals surface area contributed by atoms with Gasteiger partial charge in [0.05, 0.1) is 23.4 Å². The number of esters is 1. The van der Waals surface area contributed by atoms with Crippen LogP contribution < -0.4 is 9.64 Å². The van der Waals surface area contributed by atoms with Gasteiger partial charge in [-0.1, -0.05) is 88.7 Å². The van der Waals surface area contributed by atoms with Gasteiger partial charge in [-0.05, 0) is 40.8 Å².